The molecule has 0 unspecified atom stereocenters. The Morgan fingerprint density at radius 1 is 1.24 bits per heavy atom. The molecule has 1 aliphatic heterocycles. The van der Waals surface area contributed by atoms with Gasteiger partial charge in [0.15, 0.2) is 0 Å². The Kier molecular flexibility index (Phi) is 4.06. The van der Waals surface area contributed by atoms with Crippen LogP contribution in [0.25, 0.3) is 0 Å². The fraction of sp³-hybridized carbons (Fsp3) is 0.368. The summed E-state index contributed by atoms with van der Waals surface area (Å²) in [5.41, 5.74) is 3.60. The summed E-state index contributed by atoms with van der Waals surface area (Å²) in [5, 5.41) is 11.9. The van der Waals surface area contributed by atoms with Gasteiger partial charge >= 0.3 is 0 Å². The van der Waals surface area contributed by atoms with Crippen molar-refractivity contribution in [2.75, 3.05) is 18.0 Å². The first-order valence-electron chi connectivity index (χ1n) is 8.63. The predicted molar refractivity (Wildman–Crippen MR) is 93.3 cm³/mol. The summed E-state index contributed by atoms with van der Waals surface area (Å²) < 4.78 is 0. The van der Waals surface area contributed by atoms with Crippen molar-refractivity contribution in [2.24, 2.45) is 0 Å². The number of aryl methyl sites for hydroxylation is 1. The number of rotatable bonds is 3. The number of anilines is 1. The fourth-order valence-corrected chi connectivity index (χ4v) is 3.65. The highest BCUT2D eigenvalue weighted by Gasteiger charge is 2.28. The summed E-state index contributed by atoms with van der Waals surface area (Å²) in [6, 6.07) is 8.88. The molecule has 0 saturated carbocycles. The van der Waals surface area contributed by atoms with Gasteiger partial charge in [-0.25, -0.2) is 9.97 Å². The molecule has 2 aliphatic rings. The lowest BCUT2D eigenvalue weighted by Crippen LogP contribution is -2.37. The van der Waals surface area contributed by atoms with Crippen LogP contribution in [0.2, 0.25) is 0 Å². The van der Waals surface area contributed by atoms with Crippen molar-refractivity contribution >= 4 is 11.7 Å². The SMILES string of the molecule is N#Cc1ccc(C(=O)N[C@@H]2CCN(c3ncnc4c3CCC4)C2)cc1. The van der Waals surface area contributed by atoms with Gasteiger partial charge in [-0.05, 0) is 49.9 Å². The summed E-state index contributed by atoms with van der Waals surface area (Å²) in [5.74, 6) is 0.946. The molecule has 0 spiro atoms. The van der Waals surface area contributed by atoms with Crippen molar-refractivity contribution in [3.63, 3.8) is 0 Å². The molecular weight excluding hydrogens is 314 g/mol. The van der Waals surface area contributed by atoms with Crippen LogP contribution in [0.15, 0.2) is 30.6 Å². The first kappa shape index (κ1) is 15.6. The van der Waals surface area contributed by atoms with Crippen LogP contribution in [0.1, 0.15) is 40.0 Å². The van der Waals surface area contributed by atoms with Crippen LogP contribution in [0, 0.1) is 11.3 Å². The first-order chi connectivity index (χ1) is 12.2. The molecule has 0 radical (unpaired) electrons. The van der Waals surface area contributed by atoms with Crippen LogP contribution in [0.3, 0.4) is 0 Å². The molecule has 0 bridgehead atoms. The number of benzene rings is 1. The van der Waals surface area contributed by atoms with Crippen molar-refractivity contribution in [2.45, 2.75) is 31.7 Å². The highest BCUT2D eigenvalue weighted by molar-refractivity contribution is 5.94. The van der Waals surface area contributed by atoms with Crippen LogP contribution in [-0.4, -0.2) is 35.0 Å². The number of fused-ring (bicyclic) bond motifs is 1. The third-order valence-corrected chi connectivity index (χ3v) is 4.95. The molecular formula is C19H19N5O. The van der Waals surface area contributed by atoms with Gasteiger partial charge in [0.05, 0.1) is 11.6 Å². The second-order valence-electron chi connectivity index (χ2n) is 6.57. The summed E-state index contributed by atoms with van der Waals surface area (Å²) in [6.07, 6.45) is 5.79. The quantitative estimate of drug-likeness (QED) is 0.927. The lowest BCUT2D eigenvalue weighted by Gasteiger charge is -2.20. The Morgan fingerprint density at radius 2 is 2.08 bits per heavy atom. The first-order valence-corrected chi connectivity index (χ1v) is 8.63. The lowest BCUT2D eigenvalue weighted by molar-refractivity contribution is 0.0940. The molecule has 126 valence electrons. The maximum absolute atomic E-state index is 12.4. The van der Waals surface area contributed by atoms with Crippen LogP contribution in [0.4, 0.5) is 5.82 Å². The molecule has 1 aromatic carbocycles. The highest BCUT2D eigenvalue weighted by atomic mass is 16.1. The number of hydrogen-bond acceptors (Lipinski definition) is 5. The number of carbonyl (C=O) groups excluding carboxylic acids is 1. The number of nitriles is 1. The summed E-state index contributed by atoms with van der Waals surface area (Å²) in [6.45, 7) is 1.66. The Balaban J connectivity index is 1.42. The van der Waals surface area contributed by atoms with Crippen molar-refractivity contribution in [3.05, 3.63) is 53.0 Å². The van der Waals surface area contributed by atoms with Gasteiger partial charge in [-0.2, -0.15) is 5.26 Å². The summed E-state index contributed by atoms with van der Waals surface area (Å²) >= 11 is 0. The van der Waals surface area contributed by atoms with Crippen LogP contribution >= 0.6 is 0 Å². The predicted octanol–water partition coefficient (Wildman–Crippen LogP) is 1.85. The smallest absolute Gasteiger partial charge is 0.251 e. The molecule has 1 N–H and O–H groups in total. The average Bonchev–Trinajstić information content (AvgIpc) is 3.30. The maximum Gasteiger partial charge on any atom is 0.251 e. The molecule has 25 heavy (non-hydrogen) atoms. The molecule has 1 amide bonds. The third-order valence-electron chi connectivity index (χ3n) is 4.95. The van der Waals surface area contributed by atoms with Crippen molar-refractivity contribution in [1.29, 1.82) is 5.26 Å². The number of amides is 1. The van der Waals surface area contributed by atoms with Gasteiger partial charge in [0.1, 0.15) is 12.1 Å². The topological polar surface area (TPSA) is 81.9 Å². The van der Waals surface area contributed by atoms with E-state index in [0.29, 0.717) is 11.1 Å². The summed E-state index contributed by atoms with van der Waals surface area (Å²) in [7, 11) is 0. The van der Waals surface area contributed by atoms with E-state index >= 15 is 0 Å². The van der Waals surface area contributed by atoms with Gasteiger partial charge in [-0.3, -0.25) is 4.79 Å². The number of carbonyl (C=O) groups is 1. The largest absolute Gasteiger partial charge is 0.354 e. The van der Waals surface area contributed by atoms with E-state index in [9.17, 15) is 4.79 Å². The second kappa shape index (κ2) is 6.52. The Hall–Kier alpha value is -2.94. The van der Waals surface area contributed by atoms with Crippen LogP contribution in [-0.2, 0) is 12.8 Å². The van der Waals surface area contributed by atoms with Crippen molar-refractivity contribution < 1.29 is 4.79 Å². The van der Waals surface area contributed by atoms with E-state index in [-0.39, 0.29) is 11.9 Å². The standard InChI is InChI=1S/C19H19N5O/c20-10-13-4-6-14(7-5-13)19(25)23-15-8-9-24(11-15)18-16-2-1-3-17(16)21-12-22-18/h4-7,12,15H,1-3,8-9,11H2,(H,23,25)/t15-/m1/s1. The number of hydrogen-bond donors (Lipinski definition) is 1. The van der Waals surface area contributed by atoms with Gasteiger partial charge in [-0.1, -0.05) is 0 Å². The Morgan fingerprint density at radius 3 is 2.88 bits per heavy atom. The molecule has 2 heterocycles. The van der Waals surface area contributed by atoms with Gasteiger partial charge in [0, 0.05) is 36.0 Å². The highest BCUT2D eigenvalue weighted by Crippen LogP contribution is 2.29. The molecule has 1 aromatic heterocycles. The van der Waals surface area contributed by atoms with E-state index in [1.54, 1.807) is 30.6 Å². The number of nitrogens with one attached hydrogen (secondary N) is 1. The van der Waals surface area contributed by atoms with E-state index in [4.69, 9.17) is 5.26 Å². The molecule has 1 atom stereocenters. The zero-order chi connectivity index (χ0) is 17.2. The maximum atomic E-state index is 12.4. The zero-order valence-electron chi connectivity index (χ0n) is 13.9. The van der Waals surface area contributed by atoms with Gasteiger partial charge in [0.25, 0.3) is 5.91 Å². The average molecular weight is 333 g/mol. The normalized spacial score (nSPS) is 18.7. The second-order valence-corrected chi connectivity index (χ2v) is 6.57. The summed E-state index contributed by atoms with van der Waals surface area (Å²) in [4.78, 5) is 23.5. The van der Waals surface area contributed by atoms with Crippen molar-refractivity contribution in [3.8, 4) is 6.07 Å². The third kappa shape index (κ3) is 3.05. The molecule has 6 nitrogen and oxygen atoms in total. The Labute approximate surface area is 146 Å². The van der Waals surface area contributed by atoms with E-state index in [0.717, 1.165) is 44.6 Å². The number of nitrogens with zero attached hydrogens (tertiary/aromatic N) is 4. The van der Waals surface area contributed by atoms with E-state index in [2.05, 4.69) is 26.3 Å². The van der Waals surface area contributed by atoms with Gasteiger partial charge in [0.2, 0.25) is 0 Å². The zero-order valence-corrected chi connectivity index (χ0v) is 13.9. The van der Waals surface area contributed by atoms with Gasteiger partial charge < -0.3 is 10.2 Å². The molecule has 1 aliphatic carbocycles. The number of aromatic nitrogens is 2. The van der Waals surface area contributed by atoms with Crippen LogP contribution < -0.4 is 10.2 Å². The monoisotopic (exact) mass is 333 g/mol. The van der Waals surface area contributed by atoms with E-state index in [1.165, 1.54) is 11.3 Å². The molecule has 4 rings (SSSR count). The van der Waals surface area contributed by atoms with Gasteiger partial charge in [-0.15, -0.1) is 0 Å². The molecule has 6 heteroatoms. The Bertz CT molecular complexity index is 840. The lowest BCUT2D eigenvalue weighted by atomic mass is 10.1. The van der Waals surface area contributed by atoms with Crippen LogP contribution in [0.5, 0.6) is 0 Å². The minimum Gasteiger partial charge on any atom is -0.354 e. The molecule has 2 aromatic rings. The minimum atomic E-state index is -0.0933. The molecule has 1 fully saturated rings. The fourth-order valence-electron chi connectivity index (χ4n) is 3.65. The van der Waals surface area contributed by atoms with Crippen molar-refractivity contribution in [1.82, 2.24) is 15.3 Å². The van der Waals surface area contributed by atoms with E-state index in [1.807, 2.05) is 0 Å². The molecule has 1 saturated heterocycles. The van der Waals surface area contributed by atoms with E-state index < -0.39 is 0 Å². The minimum absolute atomic E-state index is 0.0933.